The second-order valence-corrected chi connectivity index (χ2v) is 7.84. The predicted octanol–water partition coefficient (Wildman–Crippen LogP) is -0.504. The monoisotopic (exact) mass is 356 g/mol. The van der Waals surface area contributed by atoms with Crippen molar-refractivity contribution in [3.63, 3.8) is 0 Å². The standard InChI is InChI=1S/C14H24N6O3S/c1-19(24(2,22)23)10-14(21)16-6-5-15-12-9-13(18-11-17-12)20-7-3-4-8-20/h9,11H,3-8,10H2,1-2H3,(H,16,21)(H,15,17,18). The number of anilines is 2. The molecule has 0 atom stereocenters. The lowest BCUT2D eigenvalue weighted by atomic mass is 10.4. The minimum absolute atomic E-state index is 0.189. The number of nitrogens with zero attached hydrogens (tertiary/aromatic N) is 4. The van der Waals surface area contributed by atoms with Gasteiger partial charge in [-0.05, 0) is 12.8 Å². The molecule has 24 heavy (non-hydrogen) atoms. The molecule has 9 nitrogen and oxygen atoms in total. The highest BCUT2D eigenvalue weighted by atomic mass is 32.2. The average Bonchev–Trinajstić information content (AvgIpc) is 3.05. The van der Waals surface area contributed by atoms with Crippen LogP contribution in [-0.4, -0.2) is 74.6 Å². The highest BCUT2D eigenvalue weighted by Crippen LogP contribution is 2.18. The summed E-state index contributed by atoms with van der Waals surface area (Å²) in [6, 6.07) is 1.89. The third kappa shape index (κ3) is 5.60. The lowest BCUT2D eigenvalue weighted by Crippen LogP contribution is -2.39. The second-order valence-electron chi connectivity index (χ2n) is 5.75. The molecule has 0 aliphatic carbocycles. The number of rotatable bonds is 8. The number of carbonyl (C=O) groups is 1. The van der Waals surface area contributed by atoms with Crippen molar-refractivity contribution < 1.29 is 13.2 Å². The van der Waals surface area contributed by atoms with E-state index in [1.807, 2.05) is 6.07 Å². The molecule has 1 amide bonds. The van der Waals surface area contributed by atoms with Crippen molar-refractivity contribution in [3.8, 4) is 0 Å². The third-order valence-corrected chi connectivity index (χ3v) is 5.03. The minimum atomic E-state index is -3.35. The Hall–Kier alpha value is -1.94. The van der Waals surface area contributed by atoms with Crippen molar-refractivity contribution in [1.82, 2.24) is 19.6 Å². The fourth-order valence-electron chi connectivity index (χ4n) is 2.33. The van der Waals surface area contributed by atoms with Gasteiger partial charge < -0.3 is 15.5 Å². The summed E-state index contributed by atoms with van der Waals surface area (Å²) >= 11 is 0. The molecule has 1 saturated heterocycles. The number of amides is 1. The van der Waals surface area contributed by atoms with Gasteiger partial charge in [0.25, 0.3) is 0 Å². The molecular weight excluding hydrogens is 332 g/mol. The maximum absolute atomic E-state index is 11.7. The molecule has 2 heterocycles. The molecule has 1 aliphatic heterocycles. The van der Waals surface area contributed by atoms with Crippen molar-refractivity contribution in [3.05, 3.63) is 12.4 Å². The molecule has 0 bridgehead atoms. The number of likely N-dealkylation sites (N-methyl/N-ethyl adjacent to an activating group) is 1. The Morgan fingerprint density at radius 2 is 2.00 bits per heavy atom. The smallest absolute Gasteiger partial charge is 0.235 e. The molecule has 2 N–H and O–H groups in total. The molecule has 10 heteroatoms. The second kappa shape index (κ2) is 8.25. The zero-order valence-corrected chi connectivity index (χ0v) is 14.8. The average molecular weight is 356 g/mol. The maximum atomic E-state index is 11.7. The molecular formula is C14H24N6O3S. The summed E-state index contributed by atoms with van der Waals surface area (Å²) in [7, 11) is -1.98. The van der Waals surface area contributed by atoms with Crippen LogP contribution < -0.4 is 15.5 Å². The van der Waals surface area contributed by atoms with E-state index in [4.69, 9.17) is 0 Å². The van der Waals surface area contributed by atoms with Crippen LogP contribution in [0.1, 0.15) is 12.8 Å². The Morgan fingerprint density at radius 3 is 2.67 bits per heavy atom. The largest absolute Gasteiger partial charge is 0.368 e. The van der Waals surface area contributed by atoms with Crippen molar-refractivity contribution in [2.45, 2.75) is 12.8 Å². The number of nitrogens with one attached hydrogen (secondary N) is 2. The van der Waals surface area contributed by atoms with Gasteiger partial charge in [0.1, 0.15) is 18.0 Å². The van der Waals surface area contributed by atoms with E-state index in [-0.39, 0.29) is 12.5 Å². The van der Waals surface area contributed by atoms with Gasteiger partial charge in [0.05, 0.1) is 12.8 Å². The fraction of sp³-hybridized carbons (Fsp3) is 0.643. The quantitative estimate of drug-likeness (QED) is 0.604. The van der Waals surface area contributed by atoms with Gasteiger partial charge in [0.15, 0.2) is 0 Å². The van der Waals surface area contributed by atoms with Crippen molar-refractivity contribution in [1.29, 1.82) is 0 Å². The highest BCUT2D eigenvalue weighted by Gasteiger charge is 2.15. The minimum Gasteiger partial charge on any atom is -0.368 e. The first-order valence-electron chi connectivity index (χ1n) is 7.85. The van der Waals surface area contributed by atoms with Crippen LogP contribution >= 0.6 is 0 Å². The van der Waals surface area contributed by atoms with E-state index in [0.29, 0.717) is 18.9 Å². The number of hydrogen-bond acceptors (Lipinski definition) is 7. The number of hydrogen-bond donors (Lipinski definition) is 2. The van der Waals surface area contributed by atoms with E-state index < -0.39 is 10.0 Å². The van der Waals surface area contributed by atoms with Gasteiger partial charge >= 0.3 is 0 Å². The molecule has 1 aliphatic rings. The predicted molar refractivity (Wildman–Crippen MR) is 92.5 cm³/mol. The number of sulfonamides is 1. The summed E-state index contributed by atoms with van der Waals surface area (Å²) in [6.07, 6.45) is 4.95. The molecule has 0 unspecified atom stereocenters. The van der Waals surface area contributed by atoms with Crippen LogP contribution in [-0.2, 0) is 14.8 Å². The van der Waals surface area contributed by atoms with Crippen LogP contribution in [0.15, 0.2) is 12.4 Å². The van der Waals surface area contributed by atoms with E-state index >= 15 is 0 Å². The Labute approximate surface area is 142 Å². The number of aromatic nitrogens is 2. The molecule has 134 valence electrons. The van der Waals surface area contributed by atoms with Gasteiger partial charge in [0, 0.05) is 39.3 Å². The van der Waals surface area contributed by atoms with Crippen molar-refractivity contribution in [2.24, 2.45) is 0 Å². The van der Waals surface area contributed by atoms with Gasteiger partial charge in [0.2, 0.25) is 15.9 Å². The SMILES string of the molecule is CN(CC(=O)NCCNc1cc(N2CCCC2)ncn1)S(C)(=O)=O. The molecule has 0 saturated carbocycles. The summed E-state index contributed by atoms with van der Waals surface area (Å²) in [6.45, 7) is 2.70. The fourth-order valence-corrected chi connectivity index (χ4v) is 2.68. The first kappa shape index (κ1) is 18.4. The lowest BCUT2D eigenvalue weighted by Gasteiger charge is -2.17. The molecule has 1 aromatic rings. The van der Waals surface area contributed by atoms with Crippen molar-refractivity contribution in [2.75, 3.05) is 56.2 Å². The molecule has 2 rings (SSSR count). The van der Waals surface area contributed by atoms with E-state index in [2.05, 4.69) is 25.5 Å². The van der Waals surface area contributed by atoms with Crippen LogP contribution in [0.3, 0.4) is 0 Å². The molecule has 0 spiro atoms. The van der Waals surface area contributed by atoms with Crippen LogP contribution in [0, 0.1) is 0 Å². The summed E-state index contributed by atoms with van der Waals surface area (Å²) in [5.41, 5.74) is 0. The number of carbonyl (C=O) groups excluding carboxylic acids is 1. The topological polar surface area (TPSA) is 108 Å². The Balaban J connectivity index is 1.72. The van der Waals surface area contributed by atoms with E-state index in [1.54, 1.807) is 0 Å². The Kier molecular flexibility index (Phi) is 6.32. The summed E-state index contributed by atoms with van der Waals surface area (Å²) in [4.78, 5) is 22.3. The van der Waals surface area contributed by atoms with Gasteiger partial charge in [-0.25, -0.2) is 18.4 Å². The van der Waals surface area contributed by atoms with Gasteiger partial charge in [-0.2, -0.15) is 4.31 Å². The molecule has 1 fully saturated rings. The summed E-state index contributed by atoms with van der Waals surface area (Å²) in [5, 5.41) is 5.79. The van der Waals surface area contributed by atoms with Crippen molar-refractivity contribution >= 4 is 27.6 Å². The highest BCUT2D eigenvalue weighted by molar-refractivity contribution is 7.88. The van der Waals surface area contributed by atoms with E-state index in [0.717, 1.165) is 29.5 Å². The molecule has 0 aromatic carbocycles. The zero-order chi connectivity index (χ0) is 17.6. The van der Waals surface area contributed by atoms with Gasteiger partial charge in [-0.15, -0.1) is 0 Å². The third-order valence-electron chi connectivity index (χ3n) is 3.77. The summed E-state index contributed by atoms with van der Waals surface area (Å²) < 4.78 is 23.5. The van der Waals surface area contributed by atoms with E-state index in [9.17, 15) is 13.2 Å². The van der Waals surface area contributed by atoms with E-state index in [1.165, 1.54) is 26.2 Å². The van der Waals surface area contributed by atoms with Crippen LogP contribution in [0.2, 0.25) is 0 Å². The van der Waals surface area contributed by atoms with Gasteiger partial charge in [-0.1, -0.05) is 0 Å². The Morgan fingerprint density at radius 1 is 1.29 bits per heavy atom. The van der Waals surface area contributed by atoms with Crippen LogP contribution in [0.5, 0.6) is 0 Å². The van der Waals surface area contributed by atoms with Crippen LogP contribution in [0.25, 0.3) is 0 Å². The lowest BCUT2D eigenvalue weighted by molar-refractivity contribution is -0.121. The zero-order valence-electron chi connectivity index (χ0n) is 14.0. The first-order chi connectivity index (χ1) is 11.4. The van der Waals surface area contributed by atoms with Gasteiger partial charge in [-0.3, -0.25) is 4.79 Å². The maximum Gasteiger partial charge on any atom is 0.235 e. The molecule has 1 aromatic heterocycles. The molecule has 0 radical (unpaired) electrons. The first-order valence-corrected chi connectivity index (χ1v) is 9.70. The normalized spacial score (nSPS) is 14.9. The summed E-state index contributed by atoms with van der Waals surface area (Å²) in [5.74, 6) is 1.27. The van der Waals surface area contributed by atoms with Crippen LogP contribution in [0.4, 0.5) is 11.6 Å². The Bertz CT molecular complexity index is 660.